The quantitative estimate of drug-likeness (QED) is 0.718. The van der Waals surface area contributed by atoms with E-state index in [1.54, 1.807) is 13.1 Å². The summed E-state index contributed by atoms with van der Waals surface area (Å²) < 4.78 is 5.51. The number of rotatable bonds is 3. The van der Waals surface area contributed by atoms with Crippen molar-refractivity contribution in [2.75, 3.05) is 6.61 Å². The third kappa shape index (κ3) is 2.19. The van der Waals surface area contributed by atoms with Crippen LogP contribution in [0.2, 0.25) is 0 Å². The molecule has 1 aromatic rings. The first kappa shape index (κ1) is 9.80. The lowest BCUT2D eigenvalue weighted by molar-refractivity contribution is 0.102. The van der Waals surface area contributed by atoms with Crippen LogP contribution in [0.1, 0.15) is 34.4 Å². The average Bonchev–Trinajstić information content (AvgIpc) is 2.75. The van der Waals surface area contributed by atoms with E-state index in [2.05, 4.69) is 4.98 Å². The van der Waals surface area contributed by atoms with Crippen LogP contribution >= 0.6 is 11.3 Å². The molecule has 2 heterocycles. The molecule has 1 aliphatic rings. The van der Waals surface area contributed by atoms with Crippen LogP contribution in [0.3, 0.4) is 0 Å². The minimum atomic E-state index is 0.0982. The number of Topliss-reactive ketones (excluding diaryl/α,β-unsaturated/α-hetero) is 1. The van der Waals surface area contributed by atoms with Gasteiger partial charge in [-0.05, 0) is 12.8 Å². The summed E-state index contributed by atoms with van der Waals surface area (Å²) in [7, 11) is 0. The van der Waals surface area contributed by atoms with Crippen LogP contribution in [-0.2, 0) is 11.2 Å². The van der Waals surface area contributed by atoms with Crippen molar-refractivity contribution in [2.24, 2.45) is 0 Å². The SMILES string of the molecule is CC(=O)c1cnc(CC2CCCO2)s1. The average molecular weight is 211 g/mol. The third-order valence-corrected chi connectivity index (χ3v) is 3.45. The Labute approximate surface area is 87.1 Å². The molecule has 0 aliphatic carbocycles. The summed E-state index contributed by atoms with van der Waals surface area (Å²) >= 11 is 1.49. The van der Waals surface area contributed by atoms with E-state index in [1.807, 2.05) is 0 Å². The monoisotopic (exact) mass is 211 g/mol. The highest BCUT2D eigenvalue weighted by molar-refractivity contribution is 7.13. The molecule has 0 N–H and O–H groups in total. The van der Waals surface area contributed by atoms with Gasteiger partial charge in [-0.3, -0.25) is 4.79 Å². The molecule has 4 heteroatoms. The van der Waals surface area contributed by atoms with E-state index in [0.717, 1.165) is 35.8 Å². The first-order valence-electron chi connectivity index (χ1n) is 4.83. The summed E-state index contributed by atoms with van der Waals surface area (Å²) in [6.07, 6.45) is 5.11. The van der Waals surface area contributed by atoms with Crippen molar-refractivity contribution in [3.8, 4) is 0 Å². The molecule has 1 atom stereocenters. The molecule has 3 nitrogen and oxygen atoms in total. The van der Waals surface area contributed by atoms with Crippen molar-refractivity contribution >= 4 is 17.1 Å². The molecule has 1 aromatic heterocycles. The van der Waals surface area contributed by atoms with Crippen LogP contribution in [0.25, 0.3) is 0 Å². The maximum atomic E-state index is 11.0. The minimum absolute atomic E-state index is 0.0982. The second-order valence-electron chi connectivity index (χ2n) is 3.51. The molecule has 0 radical (unpaired) electrons. The zero-order valence-corrected chi connectivity index (χ0v) is 8.97. The van der Waals surface area contributed by atoms with Gasteiger partial charge in [-0.25, -0.2) is 4.98 Å². The van der Waals surface area contributed by atoms with Crippen molar-refractivity contribution in [3.63, 3.8) is 0 Å². The van der Waals surface area contributed by atoms with Gasteiger partial charge in [0.1, 0.15) is 0 Å². The Bertz CT molecular complexity index is 329. The maximum absolute atomic E-state index is 11.0. The molecular formula is C10H13NO2S. The highest BCUT2D eigenvalue weighted by atomic mass is 32.1. The second-order valence-corrected chi connectivity index (χ2v) is 4.63. The molecule has 0 saturated carbocycles. The number of hydrogen-bond acceptors (Lipinski definition) is 4. The van der Waals surface area contributed by atoms with Crippen molar-refractivity contribution in [3.05, 3.63) is 16.1 Å². The largest absolute Gasteiger partial charge is 0.378 e. The molecule has 0 bridgehead atoms. The Balaban J connectivity index is 1.98. The summed E-state index contributed by atoms with van der Waals surface area (Å²) in [5.41, 5.74) is 0. The van der Waals surface area contributed by atoms with Crippen LogP contribution in [0, 0.1) is 0 Å². The van der Waals surface area contributed by atoms with Gasteiger partial charge in [0, 0.05) is 26.1 Å². The normalized spacial score (nSPS) is 21.4. The topological polar surface area (TPSA) is 39.2 Å². The molecule has 2 rings (SSSR count). The number of nitrogens with zero attached hydrogens (tertiary/aromatic N) is 1. The first-order chi connectivity index (χ1) is 6.75. The predicted molar refractivity (Wildman–Crippen MR) is 54.8 cm³/mol. The van der Waals surface area contributed by atoms with E-state index in [9.17, 15) is 4.79 Å². The van der Waals surface area contributed by atoms with Crippen molar-refractivity contribution in [1.29, 1.82) is 0 Å². The van der Waals surface area contributed by atoms with Crippen molar-refractivity contribution in [2.45, 2.75) is 32.3 Å². The summed E-state index contributed by atoms with van der Waals surface area (Å²) in [5, 5.41) is 1.02. The summed E-state index contributed by atoms with van der Waals surface area (Å²) in [4.78, 5) is 16.0. The number of aromatic nitrogens is 1. The van der Waals surface area contributed by atoms with E-state index >= 15 is 0 Å². The zero-order chi connectivity index (χ0) is 9.97. The van der Waals surface area contributed by atoms with Gasteiger partial charge in [-0.15, -0.1) is 11.3 Å². The van der Waals surface area contributed by atoms with Crippen LogP contribution in [0.15, 0.2) is 6.20 Å². The van der Waals surface area contributed by atoms with Gasteiger partial charge in [-0.1, -0.05) is 0 Å². The fourth-order valence-corrected chi connectivity index (χ4v) is 2.45. The lowest BCUT2D eigenvalue weighted by Crippen LogP contribution is -2.08. The zero-order valence-electron chi connectivity index (χ0n) is 8.16. The summed E-state index contributed by atoms with van der Waals surface area (Å²) in [6.45, 7) is 2.44. The standard InChI is InChI=1S/C10H13NO2S/c1-7(12)9-6-11-10(14-9)5-8-3-2-4-13-8/h6,8H,2-5H2,1H3. The smallest absolute Gasteiger partial charge is 0.171 e. The summed E-state index contributed by atoms with van der Waals surface area (Å²) in [6, 6.07) is 0. The number of thiazole rings is 1. The molecule has 76 valence electrons. The number of carbonyl (C=O) groups excluding carboxylic acids is 1. The Kier molecular flexibility index (Phi) is 2.93. The van der Waals surface area contributed by atoms with E-state index in [1.165, 1.54) is 11.3 Å². The first-order valence-corrected chi connectivity index (χ1v) is 5.64. The molecule has 0 spiro atoms. The van der Waals surface area contributed by atoms with Gasteiger partial charge in [0.2, 0.25) is 0 Å². The number of ketones is 1. The van der Waals surface area contributed by atoms with Crippen molar-refractivity contribution < 1.29 is 9.53 Å². The summed E-state index contributed by atoms with van der Waals surface area (Å²) in [5.74, 6) is 0.0982. The molecule has 0 aromatic carbocycles. The number of carbonyl (C=O) groups is 1. The lowest BCUT2D eigenvalue weighted by atomic mass is 10.2. The molecule has 1 saturated heterocycles. The van der Waals surface area contributed by atoms with Gasteiger partial charge < -0.3 is 4.74 Å². The van der Waals surface area contributed by atoms with Crippen LogP contribution in [0.4, 0.5) is 0 Å². The maximum Gasteiger partial charge on any atom is 0.171 e. The third-order valence-electron chi connectivity index (χ3n) is 2.33. The van der Waals surface area contributed by atoms with Crippen LogP contribution < -0.4 is 0 Å². The van der Waals surface area contributed by atoms with Crippen LogP contribution in [-0.4, -0.2) is 23.5 Å². The Morgan fingerprint density at radius 3 is 3.21 bits per heavy atom. The van der Waals surface area contributed by atoms with E-state index in [0.29, 0.717) is 6.10 Å². The van der Waals surface area contributed by atoms with Gasteiger partial charge in [-0.2, -0.15) is 0 Å². The minimum Gasteiger partial charge on any atom is -0.378 e. The highest BCUT2D eigenvalue weighted by Crippen LogP contribution is 2.20. The molecule has 0 amide bonds. The predicted octanol–water partition coefficient (Wildman–Crippen LogP) is 2.07. The van der Waals surface area contributed by atoms with E-state index < -0.39 is 0 Å². The molecular weight excluding hydrogens is 198 g/mol. The van der Waals surface area contributed by atoms with Gasteiger partial charge in [0.05, 0.1) is 16.0 Å². The highest BCUT2D eigenvalue weighted by Gasteiger charge is 2.18. The van der Waals surface area contributed by atoms with Crippen LogP contribution in [0.5, 0.6) is 0 Å². The fourth-order valence-electron chi connectivity index (χ4n) is 1.57. The van der Waals surface area contributed by atoms with E-state index in [4.69, 9.17) is 4.74 Å². The molecule has 1 fully saturated rings. The Morgan fingerprint density at radius 2 is 2.64 bits per heavy atom. The second kappa shape index (κ2) is 4.19. The number of ether oxygens (including phenoxy) is 1. The van der Waals surface area contributed by atoms with Gasteiger partial charge >= 0.3 is 0 Å². The Morgan fingerprint density at radius 1 is 1.79 bits per heavy atom. The molecule has 1 unspecified atom stereocenters. The van der Waals surface area contributed by atoms with Gasteiger partial charge in [0.25, 0.3) is 0 Å². The van der Waals surface area contributed by atoms with Gasteiger partial charge in [0.15, 0.2) is 5.78 Å². The van der Waals surface area contributed by atoms with E-state index in [-0.39, 0.29) is 5.78 Å². The van der Waals surface area contributed by atoms with Crippen molar-refractivity contribution in [1.82, 2.24) is 4.98 Å². The Hall–Kier alpha value is -0.740. The fraction of sp³-hybridized carbons (Fsp3) is 0.600. The lowest BCUT2D eigenvalue weighted by Gasteiger charge is -2.05. The number of hydrogen-bond donors (Lipinski definition) is 0. The molecule has 14 heavy (non-hydrogen) atoms. The molecule has 1 aliphatic heterocycles.